The van der Waals surface area contributed by atoms with Crippen LogP contribution in [0.25, 0.3) is 0 Å². The highest BCUT2D eigenvalue weighted by Gasteiger charge is 2.31. The highest BCUT2D eigenvalue weighted by Crippen LogP contribution is 2.37. The first kappa shape index (κ1) is 12.8. The van der Waals surface area contributed by atoms with Crippen molar-refractivity contribution in [3.05, 3.63) is 10.6 Å². The third-order valence-electron chi connectivity index (χ3n) is 3.15. The van der Waals surface area contributed by atoms with Crippen molar-refractivity contribution >= 4 is 16.5 Å². The molecule has 0 saturated heterocycles. The Balaban J connectivity index is 2.24. The van der Waals surface area contributed by atoms with Crippen LogP contribution in [0.2, 0.25) is 0 Å². The van der Waals surface area contributed by atoms with Gasteiger partial charge in [0.15, 0.2) is 5.13 Å². The topological polar surface area (TPSA) is 42.2 Å². The zero-order valence-electron chi connectivity index (χ0n) is 11.1. The molecule has 0 unspecified atom stereocenters. The smallest absolute Gasteiger partial charge is 0.186 e. The fourth-order valence-electron chi connectivity index (χ4n) is 2.13. The van der Waals surface area contributed by atoms with Gasteiger partial charge in [-0.15, -0.1) is 11.3 Å². The molecular formula is C13H23N3S. The van der Waals surface area contributed by atoms with Crippen LogP contribution in [0.4, 0.5) is 5.13 Å². The van der Waals surface area contributed by atoms with Crippen molar-refractivity contribution in [2.75, 3.05) is 11.4 Å². The molecule has 1 aromatic rings. The summed E-state index contributed by atoms with van der Waals surface area (Å²) in [4.78, 5) is 8.57. The predicted molar refractivity (Wildman–Crippen MR) is 74.8 cm³/mol. The zero-order valence-corrected chi connectivity index (χ0v) is 11.9. The molecule has 0 radical (unpaired) electrons. The lowest BCUT2D eigenvalue weighted by Crippen LogP contribution is -2.26. The van der Waals surface area contributed by atoms with Crippen molar-refractivity contribution in [1.29, 1.82) is 0 Å². The molecule has 17 heavy (non-hydrogen) atoms. The van der Waals surface area contributed by atoms with E-state index in [1.165, 1.54) is 35.0 Å². The van der Waals surface area contributed by atoms with Crippen LogP contribution < -0.4 is 10.6 Å². The molecule has 1 saturated carbocycles. The molecule has 0 spiro atoms. The number of aromatic nitrogens is 1. The van der Waals surface area contributed by atoms with E-state index in [-0.39, 0.29) is 0 Å². The zero-order chi connectivity index (χ0) is 12.4. The van der Waals surface area contributed by atoms with Gasteiger partial charge in [-0.1, -0.05) is 20.8 Å². The summed E-state index contributed by atoms with van der Waals surface area (Å²) in [6, 6.07) is 0.742. The van der Waals surface area contributed by atoms with Crippen molar-refractivity contribution in [3.8, 4) is 0 Å². The van der Waals surface area contributed by atoms with E-state index in [0.29, 0.717) is 12.5 Å². The second-order valence-corrected chi connectivity index (χ2v) is 6.15. The lowest BCUT2D eigenvalue weighted by molar-refractivity contribution is 0.748. The third kappa shape index (κ3) is 2.80. The second kappa shape index (κ2) is 5.36. The van der Waals surface area contributed by atoms with Gasteiger partial charge in [0.2, 0.25) is 0 Å². The molecule has 96 valence electrons. The average Bonchev–Trinajstić information content (AvgIpc) is 3.04. The van der Waals surface area contributed by atoms with Crippen LogP contribution in [0.5, 0.6) is 0 Å². The first-order chi connectivity index (χ1) is 8.17. The molecule has 0 bridgehead atoms. The van der Waals surface area contributed by atoms with Gasteiger partial charge >= 0.3 is 0 Å². The molecule has 0 amide bonds. The molecular weight excluding hydrogens is 230 g/mol. The van der Waals surface area contributed by atoms with Gasteiger partial charge in [-0.25, -0.2) is 4.98 Å². The van der Waals surface area contributed by atoms with Crippen molar-refractivity contribution in [1.82, 2.24) is 4.98 Å². The Labute approximate surface area is 108 Å². The molecule has 1 aromatic heterocycles. The molecule has 0 aromatic carbocycles. The molecule has 0 atom stereocenters. The van der Waals surface area contributed by atoms with Crippen LogP contribution in [-0.2, 0) is 6.54 Å². The molecule has 0 aliphatic heterocycles. The van der Waals surface area contributed by atoms with Crippen LogP contribution in [0.15, 0.2) is 0 Å². The number of anilines is 1. The van der Waals surface area contributed by atoms with Crippen molar-refractivity contribution < 1.29 is 0 Å². The highest BCUT2D eigenvalue weighted by atomic mass is 32.1. The SMILES string of the molecule is CCCN(c1nc(C(C)C)c(CN)s1)C1CC1. The van der Waals surface area contributed by atoms with E-state index in [1.807, 2.05) is 0 Å². The standard InChI is InChI=1S/C13H23N3S/c1-4-7-16(10-5-6-10)13-15-12(9(2)3)11(8-14)17-13/h9-10H,4-8,14H2,1-3H3. The molecule has 3 nitrogen and oxygen atoms in total. The van der Waals surface area contributed by atoms with Gasteiger partial charge in [-0.2, -0.15) is 0 Å². The number of nitrogens with two attached hydrogens (primary N) is 1. The molecule has 4 heteroatoms. The Morgan fingerprint density at radius 3 is 2.59 bits per heavy atom. The van der Waals surface area contributed by atoms with Crippen molar-refractivity contribution in [2.45, 2.75) is 58.5 Å². The van der Waals surface area contributed by atoms with Gasteiger partial charge in [-0.05, 0) is 25.2 Å². The fourth-order valence-corrected chi connectivity index (χ4v) is 3.32. The first-order valence-electron chi connectivity index (χ1n) is 6.63. The molecule has 2 rings (SSSR count). The number of rotatable bonds is 6. The maximum Gasteiger partial charge on any atom is 0.186 e. The number of hydrogen-bond donors (Lipinski definition) is 1. The minimum Gasteiger partial charge on any atom is -0.345 e. The lowest BCUT2D eigenvalue weighted by Gasteiger charge is -2.20. The van der Waals surface area contributed by atoms with Crippen LogP contribution in [0.1, 0.15) is 56.5 Å². The number of thiazole rings is 1. The van der Waals surface area contributed by atoms with Crippen LogP contribution >= 0.6 is 11.3 Å². The van der Waals surface area contributed by atoms with E-state index in [4.69, 9.17) is 10.7 Å². The summed E-state index contributed by atoms with van der Waals surface area (Å²) in [6.07, 6.45) is 3.84. The molecule has 1 fully saturated rings. The van der Waals surface area contributed by atoms with Crippen molar-refractivity contribution in [2.24, 2.45) is 5.73 Å². The van der Waals surface area contributed by atoms with E-state index in [9.17, 15) is 0 Å². The van der Waals surface area contributed by atoms with Crippen LogP contribution in [0.3, 0.4) is 0 Å². The molecule has 2 N–H and O–H groups in total. The second-order valence-electron chi connectivity index (χ2n) is 5.09. The maximum absolute atomic E-state index is 5.82. The summed E-state index contributed by atoms with van der Waals surface area (Å²) in [5, 5.41) is 1.19. The van der Waals surface area contributed by atoms with Gasteiger partial charge in [-0.3, -0.25) is 0 Å². The first-order valence-corrected chi connectivity index (χ1v) is 7.45. The largest absolute Gasteiger partial charge is 0.345 e. The Morgan fingerprint density at radius 2 is 2.18 bits per heavy atom. The predicted octanol–water partition coefficient (Wildman–Crippen LogP) is 3.10. The monoisotopic (exact) mass is 253 g/mol. The minimum absolute atomic E-state index is 0.473. The summed E-state index contributed by atoms with van der Waals surface area (Å²) in [6.45, 7) is 8.37. The maximum atomic E-state index is 5.82. The van der Waals surface area contributed by atoms with Crippen LogP contribution in [-0.4, -0.2) is 17.6 Å². The lowest BCUT2D eigenvalue weighted by atomic mass is 10.1. The summed E-state index contributed by atoms with van der Waals surface area (Å²) < 4.78 is 0. The Kier molecular flexibility index (Phi) is 4.05. The Hall–Kier alpha value is -0.610. The molecule has 1 aliphatic rings. The number of nitrogens with zero attached hydrogens (tertiary/aromatic N) is 2. The van der Waals surface area contributed by atoms with Gasteiger partial charge in [0.05, 0.1) is 5.69 Å². The van der Waals surface area contributed by atoms with E-state index in [2.05, 4.69) is 25.7 Å². The van der Waals surface area contributed by atoms with E-state index >= 15 is 0 Å². The molecule has 1 aliphatic carbocycles. The van der Waals surface area contributed by atoms with E-state index in [1.54, 1.807) is 11.3 Å². The summed E-state index contributed by atoms with van der Waals surface area (Å²) in [7, 11) is 0. The third-order valence-corrected chi connectivity index (χ3v) is 4.28. The van der Waals surface area contributed by atoms with Gasteiger partial charge in [0.1, 0.15) is 0 Å². The number of hydrogen-bond acceptors (Lipinski definition) is 4. The van der Waals surface area contributed by atoms with Crippen LogP contribution in [0, 0.1) is 0 Å². The van der Waals surface area contributed by atoms with Crippen molar-refractivity contribution in [3.63, 3.8) is 0 Å². The summed E-state index contributed by atoms with van der Waals surface area (Å²) in [5.41, 5.74) is 7.02. The summed E-state index contributed by atoms with van der Waals surface area (Å²) in [5.74, 6) is 0.473. The Morgan fingerprint density at radius 1 is 1.47 bits per heavy atom. The minimum atomic E-state index is 0.473. The Bertz CT molecular complexity index is 369. The normalized spacial score (nSPS) is 15.6. The van der Waals surface area contributed by atoms with E-state index in [0.717, 1.165) is 12.6 Å². The van der Waals surface area contributed by atoms with Gasteiger partial charge < -0.3 is 10.6 Å². The van der Waals surface area contributed by atoms with Gasteiger partial charge in [0.25, 0.3) is 0 Å². The molecule has 1 heterocycles. The average molecular weight is 253 g/mol. The van der Waals surface area contributed by atoms with Gasteiger partial charge in [0, 0.05) is 24.0 Å². The summed E-state index contributed by atoms with van der Waals surface area (Å²) >= 11 is 1.79. The quantitative estimate of drug-likeness (QED) is 0.847. The fraction of sp³-hybridized carbons (Fsp3) is 0.769. The highest BCUT2D eigenvalue weighted by molar-refractivity contribution is 7.15. The van der Waals surface area contributed by atoms with E-state index < -0.39 is 0 Å².